The molecule has 1 aromatic carbocycles. The first kappa shape index (κ1) is 21.7. The third-order valence-electron chi connectivity index (χ3n) is 7.50. The number of piperazine rings is 1. The van der Waals surface area contributed by atoms with Gasteiger partial charge in [-0.3, -0.25) is 10.00 Å². The van der Waals surface area contributed by atoms with Crippen LogP contribution in [0.25, 0.3) is 32.5 Å². The van der Waals surface area contributed by atoms with Crippen molar-refractivity contribution >= 4 is 38.3 Å². The van der Waals surface area contributed by atoms with Crippen molar-refractivity contribution in [3.05, 3.63) is 35.3 Å². The van der Waals surface area contributed by atoms with Gasteiger partial charge in [0.2, 0.25) is 0 Å². The Morgan fingerprint density at radius 3 is 2.66 bits per heavy atom. The second-order valence-electron chi connectivity index (χ2n) is 10.1. The van der Waals surface area contributed by atoms with Gasteiger partial charge in [0.05, 0.1) is 35.1 Å². The number of nitrogens with zero attached hydrogens (tertiary/aromatic N) is 6. The first-order chi connectivity index (χ1) is 17.3. The smallest absolute Gasteiger partial charge is 0.162 e. The third-order valence-corrected chi connectivity index (χ3v) is 8.60. The van der Waals surface area contributed by atoms with Crippen LogP contribution in [0.2, 0.25) is 0 Å². The van der Waals surface area contributed by atoms with Crippen molar-refractivity contribution in [2.24, 2.45) is 5.92 Å². The number of benzene rings is 1. The summed E-state index contributed by atoms with van der Waals surface area (Å²) >= 11 is 1.86. The summed E-state index contributed by atoms with van der Waals surface area (Å²) < 4.78 is 6.82. The van der Waals surface area contributed by atoms with Gasteiger partial charge in [0, 0.05) is 68.2 Å². The van der Waals surface area contributed by atoms with Gasteiger partial charge in [0.15, 0.2) is 11.6 Å². The van der Waals surface area contributed by atoms with E-state index in [1.54, 1.807) is 0 Å². The van der Waals surface area contributed by atoms with E-state index in [0.717, 1.165) is 85.5 Å². The maximum atomic E-state index is 5.63. The molecule has 9 heteroatoms. The Morgan fingerprint density at radius 2 is 1.83 bits per heavy atom. The predicted octanol–water partition coefficient (Wildman–Crippen LogP) is 3.60. The number of aromatic amines is 1. The zero-order chi connectivity index (χ0) is 23.2. The molecule has 0 amide bonds. The van der Waals surface area contributed by atoms with Crippen LogP contribution in [0.15, 0.2) is 30.5 Å². The van der Waals surface area contributed by atoms with E-state index in [2.05, 4.69) is 37.0 Å². The number of ether oxygens (including phenoxy) is 1. The molecule has 0 atom stereocenters. The highest BCUT2D eigenvalue weighted by Gasteiger charge is 2.27. The molecule has 0 radical (unpaired) electrons. The maximum absolute atomic E-state index is 5.63. The Bertz CT molecular complexity index is 1330. The highest BCUT2D eigenvalue weighted by atomic mass is 32.1. The normalized spacial score (nSPS) is 20.3. The number of aromatic nitrogens is 4. The van der Waals surface area contributed by atoms with Crippen molar-refractivity contribution in [3.8, 4) is 11.4 Å². The maximum Gasteiger partial charge on any atom is 0.162 e. The number of nitrogens with one attached hydrogen (secondary N) is 1. The number of fused-ring (bicyclic) bond motifs is 2. The fraction of sp³-hybridized carbons (Fsp3) is 0.500. The number of hydrogen-bond donors (Lipinski definition) is 1. The van der Waals surface area contributed by atoms with Gasteiger partial charge in [-0.25, -0.2) is 9.97 Å². The molecule has 35 heavy (non-hydrogen) atoms. The van der Waals surface area contributed by atoms with Gasteiger partial charge < -0.3 is 14.5 Å². The summed E-state index contributed by atoms with van der Waals surface area (Å²) in [5.74, 6) is 2.78. The summed E-state index contributed by atoms with van der Waals surface area (Å²) in [6, 6.07) is 8.47. The molecule has 1 N–H and O–H groups in total. The number of morpholine rings is 1. The van der Waals surface area contributed by atoms with Crippen molar-refractivity contribution in [3.63, 3.8) is 0 Å². The van der Waals surface area contributed by atoms with Gasteiger partial charge in [-0.05, 0) is 30.9 Å². The lowest BCUT2D eigenvalue weighted by atomic mass is 10.1. The second-order valence-corrected chi connectivity index (χ2v) is 11.2. The number of hydrogen-bond acceptors (Lipinski definition) is 8. The lowest BCUT2D eigenvalue weighted by molar-refractivity contribution is 0.122. The molecular formula is C26H31N7OS. The van der Waals surface area contributed by atoms with Crippen LogP contribution >= 0.6 is 11.3 Å². The monoisotopic (exact) mass is 489 g/mol. The zero-order valence-corrected chi connectivity index (χ0v) is 20.8. The molecule has 182 valence electrons. The van der Waals surface area contributed by atoms with Gasteiger partial charge in [0.25, 0.3) is 0 Å². The molecule has 0 unspecified atom stereocenters. The highest BCUT2D eigenvalue weighted by Crippen LogP contribution is 2.36. The van der Waals surface area contributed by atoms with Gasteiger partial charge in [-0.2, -0.15) is 5.10 Å². The number of thiophene rings is 1. The minimum absolute atomic E-state index is 0.738. The Hall–Kier alpha value is -2.59. The predicted molar refractivity (Wildman–Crippen MR) is 140 cm³/mol. The van der Waals surface area contributed by atoms with Crippen LogP contribution in [-0.2, 0) is 11.3 Å². The molecule has 2 aliphatic heterocycles. The molecule has 3 aliphatic rings. The summed E-state index contributed by atoms with van der Waals surface area (Å²) in [5, 5.41) is 8.37. The van der Waals surface area contributed by atoms with Crippen LogP contribution in [0, 0.1) is 5.92 Å². The Labute approximate surface area is 208 Å². The van der Waals surface area contributed by atoms with E-state index >= 15 is 0 Å². The summed E-state index contributed by atoms with van der Waals surface area (Å²) in [5.41, 5.74) is 3.07. The fourth-order valence-electron chi connectivity index (χ4n) is 5.33. The van der Waals surface area contributed by atoms with Gasteiger partial charge >= 0.3 is 0 Å². The van der Waals surface area contributed by atoms with Crippen molar-refractivity contribution in [1.29, 1.82) is 0 Å². The molecule has 3 aromatic heterocycles. The van der Waals surface area contributed by atoms with E-state index in [0.29, 0.717) is 0 Å². The molecule has 0 spiro atoms. The molecule has 7 rings (SSSR count). The van der Waals surface area contributed by atoms with Gasteiger partial charge in [-0.1, -0.05) is 12.1 Å². The van der Waals surface area contributed by atoms with Crippen molar-refractivity contribution < 1.29 is 4.74 Å². The summed E-state index contributed by atoms with van der Waals surface area (Å²) in [6.07, 6.45) is 4.74. The van der Waals surface area contributed by atoms with Crippen LogP contribution in [0.4, 0.5) is 5.82 Å². The minimum Gasteiger partial charge on any atom is -0.378 e. The summed E-state index contributed by atoms with van der Waals surface area (Å²) in [6.45, 7) is 10.2. The van der Waals surface area contributed by atoms with E-state index in [4.69, 9.17) is 14.7 Å². The average molecular weight is 490 g/mol. The molecule has 8 nitrogen and oxygen atoms in total. The number of rotatable bonds is 6. The lowest BCUT2D eigenvalue weighted by Gasteiger charge is -2.34. The molecule has 5 heterocycles. The zero-order valence-electron chi connectivity index (χ0n) is 19.9. The van der Waals surface area contributed by atoms with Crippen LogP contribution in [0.3, 0.4) is 0 Å². The molecule has 2 saturated heterocycles. The van der Waals surface area contributed by atoms with Gasteiger partial charge in [0.1, 0.15) is 0 Å². The van der Waals surface area contributed by atoms with Crippen molar-refractivity contribution in [2.45, 2.75) is 19.4 Å². The Balaban J connectivity index is 1.21. The van der Waals surface area contributed by atoms with E-state index in [1.807, 2.05) is 29.7 Å². The van der Waals surface area contributed by atoms with Crippen molar-refractivity contribution in [1.82, 2.24) is 30.0 Å². The Kier molecular flexibility index (Phi) is 5.65. The van der Waals surface area contributed by atoms with E-state index in [-0.39, 0.29) is 0 Å². The van der Waals surface area contributed by atoms with E-state index in [1.165, 1.54) is 42.1 Å². The molecule has 1 saturated carbocycles. The van der Waals surface area contributed by atoms with Crippen LogP contribution in [-0.4, -0.2) is 89.0 Å². The standard InChI is InChI=1S/C26H31N7OS/c1-2-20(21-15-27-30-22(21)3-1)25-28-23-14-19(17-32-8-6-31(7-9-32)16-18-4-5-18)35-24(23)26(29-25)33-10-12-34-13-11-33/h1-3,14-15,18H,4-13,16-17H2,(H,27,30). The topological polar surface area (TPSA) is 73.4 Å². The molecule has 1 aliphatic carbocycles. The summed E-state index contributed by atoms with van der Waals surface area (Å²) in [7, 11) is 0. The van der Waals surface area contributed by atoms with E-state index < -0.39 is 0 Å². The quantitative estimate of drug-likeness (QED) is 0.444. The summed E-state index contributed by atoms with van der Waals surface area (Å²) in [4.78, 5) is 19.2. The number of anilines is 1. The largest absolute Gasteiger partial charge is 0.378 e. The third kappa shape index (κ3) is 4.42. The fourth-order valence-corrected chi connectivity index (χ4v) is 6.49. The molecule has 3 fully saturated rings. The van der Waals surface area contributed by atoms with Crippen LogP contribution < -0.4 is 4.90 Å². The number of H-pyrrole nitrogens is 1. The van der Waals surface area contributed by atoms with Crippen molar-refractivity contribution in [2.75, 3.05) is 63.9 Å². The lowest BCUT2D eigenvalue weighted by Crippen LogP contribution is -2.46. The first-order valence-electron chi connectivity index (χ1n) is 12.8. The average Bonchev–Trinajstić information content (AvgIpc) is 3.41. The van der Waals surface area contributed by atoms with Gasteiger partial charge in [-0.15, -0.1) is 11.3 Å². The first-order valence-corrected chi connectivity index (χ1v) is 13.6. The second kappa shape index (κ2) is 9.13. The molecule has 0 bridgehead atoms. The van der Waals surface area contributed by atoms with Crippen LogP contribution in [0.5, 0.6) is 0 Å². The molecular weight excluding hydrogens is 458 g/mol. The Morgan fingerprint density at radius 1 is 1.00 bits per heavy atom. The highest BCUT2D eigenvalue weighted by molar-refractivity contribution is 7.19. The SMILES string of the molecule is c1cc(-c2nc(N3CCOCC3)c3sc(CN4CCN(CC5CC5)CC4)cc3n2)c2cn[nH]c2c1. The van der Waals surface area contributed by atoms with Crippen LogP contribution in [0.1, 0.15) is 17.7 Å². The molecule has 4 aromatic rings. The minimum atomic E-state index is 0.738. The van der Waals surface area contributed by atoms with E-state index in [9.17, 15) is 0 Å².